The minimum Gasteiger partial charge on any atom is -0.355 e. The Bertz CT molecular complexity index is 950. The van der Waals surface area contributed by atoms with Gasteiger partial charge in [0, 0.05) is 23.3 Å². The molecule has 2 aromatic carbocycles. The normalized spacial score (nSPS) is 10.5. The summed E-state index contributed by atoms with van der Waals surface area (Å²) in [5, 5.41) is 6.80. The lowest BCUT2D eigenvalue weighted by atomic mass is 10.1. The third-order valence-corrected chi connectivity index (χ3v) is 4.57. The van der Waals surface area contributed by atoms with Crippen LogP contribution in [0.5, 0.6) is 0 Å². The third kappa shape index (κ3) is 4.26. The van der Waals surface area contributed by atoms with Crippen LogP contribution in [0.3, 0.4) is 0 Å². The summed E-state index contributed by atoms with van der Waals surface area (Å²) in [5.74, 6) is -0.163. The number of benzene rings is 2. The van der Waals surface area contributed by atoms with Crippen LogP contribution in [0.2, 0.25) is 5.02 Å². The fraction of sp³-hybridized carbons (Fsp3) is 0.118. The molecule has 8 heteroatoms. The highest BCUT2D eigenvalue weighted by molar-refractivity contribution is 7.10. The molecule has 3 rings (SSSR count). The Balaban J connectivity index is 1.78. The second-order valence-electron chi connectivity index (χ2n) is 5.24. The summed E-state index contributed by atoms with van der Waals surface area (Å²) < 4.78 is 1.53. The fourth-order valence-corrected chi connectivity index (χ4v) is 3.18. The maximum Gasteiger partial charge on any atom is 0.360 e. The van der Waals surface area contributed by atoms with Crippen LogP contribution < -0.4 is 16.3 Å². The van der Waals surface area contributed by atoms with Gasteiger partial charge in [0.25, 0.3) is 5.91 Å². The van der Waals surface area contributed by atoms with Crippen molar-refractivity contribution in [3.05, 3.63) is 75.2 Å². The molecule has 0 aliphatic rings. The molecule has 6 nitrogen and oxygen atoms in total. The van der Waals surface area contributed by atoms with Gasteiger partial charge in [-0.25, -0.2) is 8.75 Å². The summed E-state index contributed by atoms with van der Waals surface area (Å²) in [4.78, 5) is 27.8. The van der Waals surface area contributed by atoms with E-state index in [4.69, 9.17) is 11.6 Å². The van der Waals surface area contributed by atoms with Crippen LogP contribution in [-0.4, -0.2) is 21.9 Å². The molecule has 0 spiro atoms. The summed E-state index contributed by atoms with van der Waals surface area (Å²) in [6, 6.07) is 14.3. The number of anilines is 2. The Hall–Kier alpha value is -2.64. The Labute approximate surface area is 153 Å². The molecule has 0 saturated carbocycles. The van der Waals surface area contributed by atoms with Crippen LogP contribution in [0.25, 0.3) is 0 Å². The van der Waals surface area contributed by atoms with Gasteiger partial charge in [0.1, 0.15) is 0 Å². The van der Waals surface area contributed by atoms with E-state index in [0.717, 1.165) is 11.3 Å². The van der Waals surface area contributed by atoms with Crippen molar-refractivity contribution in [2.75, 3.05) is 12.4 Å². The lowest BCUT2D eigenvalue weighted by molar-refractivity contribution is 0.0963. The predicted molar refractivity (Wildman–Crippen MR) is 100 cm³/mol. The number of carbonyl (C=O) groups excluding carboxylic acids is 1. The highest BCUT2D eigenvalue weighted by Crippen LogP contribution is 2.20. The molecule has 1 amide bonds. The van der Waals surface area contributed by atoms with Gasteiger partial charge in [0.15, 0.2) is 0 Å². The molecule has 3 aromatic rings. The molecule has 0 saturated heterocycles. The minimum absolute atomic E-state index is 0.163. The van der Waals surface area contributed by atoms with Gasteiger partial charge in [0.05, 0.1) is 6.54 Å². The van der Waals surface area contributed by atoms with E-state index < -0.39 is 0 Å². The zero-order chi connectivity index (χ0) is 17.8. The Morgan fingerprint density at radius 2 is 2.00 bits per heavy atom. The minimum atomic E-state index is -0.341. The number of aromatic nitrogens is 2. The number of halogens is 1. The molecule has 1 heterocycles. The second kappa shape index (κ2) is 7.50. The standard InChI is InChI=1S/C17H15ClN4O2S/c1-19-15(23)12-4-2-3-11(9-12)10-22-17(24)21-16(25-22)20-14-7-5-13(18)6-8-14/h2-9H,10H2,1H3,(H,19,23)(H,20,21,24). The van der Waals surface area contributed by atoms with Crippen LogP contribution in [0.15, 0.2) is 53.3 Å². The number of hydrogen-bond acceptors (Lipinski definition) is 5. The summed E-state index contributed by atoms with van der Waals surface area (Å²) in [6.45, 7) is 0.351. The van der Waals surface area contributed by atoms with Crippen LogP contribution in [-0.2, 0) is 6.54 Å². The molecule has 0 bridgehead atoms. The first-order valence-electron chi connectivity index (χ1n) is 7.47. The van der Waals surface area contributed by atoms with Crippen molar-refractivity contribution in [3.8, 4) is 0 Å². The number of carbonyl (C=O) groups is 1. The van der Waals surface area contributed by atoms with Crippen molar-refractivity contribution in [1.82, 2.24) is 14.3 Å². The van der Waals surface area contributed by atoms with Gasteiger partial charge < -0.3 is 10.6 Å². The van der Waals surface area contributed by atoms with Crippen LogP contribution in [0, 0.1) is 0 Å². The van der Waals surface area contributed by atoms with Gasteiger partial charge >= 0.3 is 5.69 Å². The average molecular weight is 375 g/mol. The van der Waals surface area contributed by atoms with Gasteiger partial charge in [-0.1, -0.05) is 23.7 Å². The number of rotatable bonds is 5. The topological polar surface area (TPSA) is 76.0 Å². The van der Waals surface area contributed by atoms with Gasteiger partial charge in [-0.3, -0.25) is 4.79 Å². The van der Waals surface area contributed by atoms with Gasteiger partial charge in [-0.15, -0.1) is 0 Å². The quantitative estimate of drug-likeness (QED) is 0.719. The van der Waals surface area contributed by atoms with E-state index in [1.54, 1.807) is 37.4 Å². The van der Waals surface area contributed by atoms with Gasteiger partial charge in [-0.05, 0) is 53.5 Å². The molecular weight excluding hydrogens is 360 g/mol. The monoisotopic (exact) mass is 374 g/mol. The van der Waals surface area contributed by atoms with Crippen LogP contribution >= 0.6 is 23.1 Å². The lowest BCUT2D eigenvalue weighted by Crippen LogP contribution is -2.19. The molecule has 0 aliphatic heterocycles. The van der Waals surface area contributed by atoms with E-state index in [9.17, 15) is 9.59 Å². The molecule has 0 fully saturated rings. The van der Waals surface area contributed by atoms with Crippen molar-refractivity contribution < 1.29 is 4.79 Å². The number of nitrogens with zero attached hydrogens (tertiary/aromatic N) is 2. The maximum atomic E-state index is 12.1. The van der Waals surface area contributed by atoms with Crippen LogP contribution in [0.4, 0.5) is 10.8 Å². The van der Waals surface area contributed by atoms with E-state index in [0.29, 0.717) is 22.3 Å². The lowest BCUT2D eigenvalue weighted by Gasteiger charge is -2.04. The summed E-state index contributed by atoms with van der Waals surface area (Å²) in [7, 11) is 1.58. The molecule has 0 radical (unpaired) electrons. The van der Waals surface area contributed by atoms with Gasteiger partial charge in [0.2, 0.25) is 5.13 Å². The largest absolute Gasteiger partial charge is 0.360 e. The first-order chi connectivity index (χ1) is 12.0. The number of amides is 1. The van der Waals surface area contributed by atoms with E-state index in [1.165, 1.54) is 15.5 Å². The zero-order valence-corrected chi connectivity index (χ0v) is 14.9. The van der Waals surface area contributed by atoms with Crippen molar-refractivity contribution in [2.24, 2.45) is 0 Å². The maximum absolute atomic E-state index is 12.1. The third-order valence-electron chi connectivity index (χ3n) is 3.45. The first-order valence-corrected chi connectivity index (χ1v) is 8.62. The summed E-state index contributed by atoms with van der Waals surface area (Å²) >= 11 is 7.08. The van der Waals surface area contributed by atoms with Crippen molar-refractivity contribution >= 4 is 39.9 Å². The Kier molecular flexibility index (Phi) is 5.16. The summed E-state index contributed by atoms with van der Waals surface area (Å²) in [5.41, 5.74) is 1.86. The van der Waals surface area contributed by atoms with Crippen molar-refractivity contribution in [1.29, 1.82) is 0 Å². The molecule has 1 aromatic heterocycles. The first kappa shape index (κ1) is 17.2. The van der Waals surface area contributed by atoms with E-state index >= 15 is 0 Å². The van der Waals surface area contributed by atoms with E-state index in [2.05, 4.69) is 15.6 Å². The highest BCUT2D eigenvalue weighted by Gasteiger charge is 2.09. The molecule has 0 atom stereocenters. The van der Waals surface area contributed by atoms with E-state index in [1.807, 2.05) is 18.2 Å². The summed E-state index contributed by atoms with van der Waals surface area (Å²) in [6.07, 6.45) is 0. The van der Waals surface area contributed by atoms with Gasteiger partial charge in [-0.2, -0.15) is 4.98 Å². The average Bonchev–Trinajstić information content (AvgIpc) is 2.95. The Morgan fingerprint density at radius 1 is 1.24 bits per heavy atom. The van der Waals surface area contributed by atoms with Crippen molar-refractivity contribution in [2.45, 2.75) is 6.54 Å². The predicted octanol–water partition coefficient (Wildman–Crippen LogP) is 3.11. The molecule has 128 valence electrons. The smallest absolute Gasteiger partial charge is 0.355 e. The number of hydrogen-bond donors (Lipinski definition) is 2. The SMILES string of the molecule is CNC(=O)c1cccc(Cn2sc(Nc3ccc(Cl)cc3)nc2=O)c1. The van der Waals surface area contributed by atoms with Crippen LogP contribution in [0.1, 0.15) is 15.9 Å². The molecule has 2 N–H and O–H groups in total. The molecular formula is C17H15ClN4O2S. The fourth-order valence-electron chi connectivity index (χ4n) is 2.23. The molecule has 0 aliphatic carbocycles. The van der Waals surface area contributed by atoms with E-state index in [-0.39, 0.29) is 11.6 Å². The number of nitrogens with one attached hydrogen (secondary N) is 2. The Morgan fingerprint density at radius 3 is 2.72 bits per heavy atom. The van der Waals surface area contributed by atoms with Crippen molar-refractivity contribution in [3.63, 3.8) is 0 Å². The second-order valence-corrected chi connectivity index (χ2v) is 6.69. The highest BCUT2D eigenvalue weighted by atomic mass is 35.5. The molecule has 0 unspecified atom stereocenters. The zero-order valence-electron chi connectivity index (χ0n) is 13.3. The molecule has 25 heavy (non-hydrogen) atoms.